The average Bonchev–Trinajstić information content (AvgIpc) is 2.73. The first kappa shape index (κ1) is 22.6. The summed E-state index contributed by atoms with van der Waals surface area (Å²) in [5, 5.41) is 0. The molecule has 164 valence electrons. The van der Waals surface area contributed by atoms with Crippen molar-refractivity contribution in [1.82, 2.24) is 0 Å². The SMILES string of the molecule is CCCCCCOc1ccc2c(c1)CC(F)(F)c1cc(OCCCCCC)ccc1-2. The number of unbranched alkanes of at least 4 members (excludes halogenated alkanes) is 6. The van der Waals surface area contributed by atoms with E-state index in [0.29, 0.717) is 35.8 Å². The van der Waals surface area contributed by atoms with Gasteiger partial charge in [-0.2, -0.15) is 0 Å². The Morgan fingerprint density at radius 1 is 0.733 bits per heavy atom. The first-order valence-corrected chi connectivity index (χ1v) is 11.5. The highest BCUT2D eigenvalue weighted by Gasteiger charge is 2.39. The van der Waals surface area contributed by atoms with Gasteiger partial charge in [-0.1, -0.05) is 64.5 Å². The first-order valence-electron chi connectivity index (χ1n) is 11.5. The van der Waals surface area contributed by atoms with E-state index in [4.69, 9.17) is 9.47 Å². The third-order valence-corrected chi connectivity index (χ3v) is 5.70. The molecule has 0 spiro atoms. The number of hydrogen-bond donors (Lipinski definition) is 0. The number of halogens is 2. The highest BCUT2D eigenvalue weighted by atomic mass is 19.3. The smallest absolute Gasteiger partial charge is 0.277 e. The Labute approximate surface area is 179 Å². The topological polar surface area (TPSA) is 18.5 Å². The van der Waals surface area contributed by atoms with Crippen LogP contribution in [0.4, 0.5) is 8.78 Å². The second-order valence-corrected chi connectivity index (χ2v) is 8.23. The molecule has 0 amide bonds. The van der Waals surface area contributed by atoms with Crippen LogP contribution in [0.1, 0.15) is 76.3 Å². The predicted molar refractivity (Wildman–Crippen MR) is 119 cm³/mol. The van der Waals surface area contributed by atoms with Crippen LogP contribution in [0.2, 0.25) is 0 Å². The Kier molecular flexibility index (Phi) is 8.12. The van der Waals surface area contributed by atoms with Crippen molar-refractivity contribution >= 4 is 0 Å². The highest BCUT2D eigenvalue weighted by molar-refractivity contribution is 5.75. The first-order chi connectivity index (χ1) is 14.5. The Hall–Kier alpha value is -2.10. The van der Waals surface area contributed by atoms with Crippen LogP contribution in [0.15, 0.2) is 36.4 Å². The number of hydrogen-bond acceptors (Lipinski definition) is 2. The number of fused-ring (bicyclic) bond motifs is 3. The summed E-state index contributed by atoms with van der Waals surface area (Å²) < 4.78 is 41.5. The summed E-state index contributed by atoms with van der Waals surface area (Å²) >= 11 is 0. The summed E-state index contributed by atoms with van der Waals surface area (Å²) in [5.74, 6) is -1.71. The normalized spacial score (nSPS) is 14.1. The molecular weight excluding hydrogens is 382 g/mol. The fraction of sp³-hybridized carbons (Fsp3) is 0.538. The van der Waals surface area contributed by atoms with E-state index < -0.39 is 5.92 Å². The zero-order valence-corrected chi connectivity index (χ0v) is 18.3. The van der Waals surface area contributed by atoms with Crippen molar-refractivity contribution in [3.05, 3.63) is 47.5 Å². The minimum absolute atomic E-state index is 0.0642. The van der Waals surface area contributed by atoms with Crippen LogP contribution in [-0.4, -0.2) is 13.2 Å². The fourth-order valence-electron chi connectivity index (χ4n) is 3.99. The molecule has 0 saturated carbocycles. The van der Waals surface area contributed by atoms with Gasteiger partial charge in [0.25, 0.3) is 5.92 Å². The van der Waals surface area contributed by atoms with Gasteiger partial charge in [-0.15, -0.1) is 0 Å². The maximum absolute atomic E-state index is 15.0. The van der Waals surface area contributed by atoms with Crippen molar-refractivity contribution in [2.45, 2.75) is 77.6 Å². The van der Waals surface area contributed by atoms with Gasteiger partial charge in [-0.25, -0.2) is 8.78 Å². The van der Waals surface area contributed by atoms with Gasteiger partial charge in [0.1, 0.15) is 11.5 Å². The monoisotopic (exact) mass is 416 g/mol. The molecule has 30 heavy (non-hydrogen) atoms. The van der Waals surface area contributed by atoms with Gasteiger partial charge in [0.2, 0.25) is 0 Å². The number of alkyl halides is 2. The van der Waals surface area contributed by atoms with Crippen molar-refractivity contribution in [3.8, 4) is 22.6 Å². The lowest BCUT2D eigenvalue weighted by Gasteiger charge is -2.28. The lowest BCUT2D eigenvalue weighted by Crippen LogP contribution is -2.23. The van der Waals surface area contributed by atoms with Crippen LogP contribution in [-0.2, 0) is 12.3 Å². The molecule has 0 bridgehead atoms. The molecule has 0 fully saturated rings. The molecular formula is C26H34F2O2. The second kappa shape index (κ2) is 10.8. The third kappa shape index (κ3) is 5.74. The zero-order valence-electron chi connectivity index (χ0n) is 18.3. The molecule has 0 heterocycles. The molecule has 0 saturated heterocycles. The lowest BCUT2D eigenvalue weighted by atomic mass is 9.83. The van der Waals surface area contributed by atoms with Crippen LogP contribution >= 0.6 is 0 Å². The van der Waals surface area contributed by atoms with Crippen molar-refractivity contribution in [1.29, 1.82) is 0 Å². The van der Waals surface area contributed by atoms with Gasteiger partial charge in [-0.3, -0.25) is 0 Å². The van der Waals surface area contributed by atoms with Gasteiger partial charge in [-0.05, 0) is 53.8 Å². The van der Waals surface area contributed by atoms with Crippen molar-refractivity contribution in [3.63, 3.8) is 0 Å². The van der Waals surface area contributed by atoms with Crippen LogP contribution in [0, 0.1) is 0 Å². The van der Waals surface area contributed by atoms with Gasteiger partial charge in [0, 0.05) is 12.0 Å². The van der Waals surface area contributed by atoms with Crippen molar-refractivity contribution in [2.75, 3.05) is 13.2 Å². The molecule has 2 nitrogen and oxygen atoms in total. The molecule has 2 aromatic carbocycles. The number of benzene rings is 2. The summed E-state index contributed by atoms with van der Waals surface area (Å²) in [6.45, 7) is 5.53. The van der Waals surface area contributed by atoms with E-state index >= 15 is 0 Å². The molecule has 0 aromatic heterocycles. The fourth-order valence-corrected chi connectivity index (χ4v) is 3.99. The third-order valence-electron chi connectivity index (χ3n) is 5.70. The van der Waals surface area contributed by atoms with Gasteiger partial charge in [0.15, 0.2) is 0 Å². The van der Waals surface area contributed by atoms with E-state index in [9.17, 15) is 8.78 Å². The Morgan fingerprint density at radius 3 is 1.90 bits per heavy atom. The van der Waals surface area contributed by atoms with E-state index in [1.807, 2.05) is 18.2 Å². The van der Waals surface area contributed by atoms with E-state index in [1.165, 1.54) is 25.3 Å². The number of ether oxygens (including phenoxy) is 2. The van der Waals surface area contributed by atoms with Crippen molar-refractivity contribution in [2.24, 2.45) is 0 Å². The molecule has 0 unspecified atom stereocenters. The lowest BCUT2D eigenvalue weighted by molar-refractivity contribution is -0.00507. The quantitative estimate of drug-likeness (QED) is 0.327. The molecule has 2 aromatic rings. The van der Waals surface area contributed by atoms with Crippen LogP contribution < -0.4 is 9.47 Å². The molecule has 0 atom stereocenters. The Morgan fingerprint density at radius 2 is 1.30 bits per heavy atom. The summed E-state index contributed by atoms with van der Waals surface area (Å²) in [6.07, 6.45) is 8.59. The molecule has 1 aliphatic rings. The summed E-state index contributed by atoms with van der Waals surface area (Å²) in [5.41, 5.74) is 2.17. The molecule has 3 rings (SSSR count). The van der Waals surface area contributed by atoms with Crippen molar-refractivity contribution < 1.29 is 18.3 Å². The highest BCUT2D eigenvalue weighted by Crippen LogP contribution is 2.47. The molecule has 0 radical (unpaired) electrons. The van der Waals surface area contributed by atoms with Crippen LogP contribution in [0.25, 0.3) is 11.1 Å². The maximum Gasteiger partial charge on any atom is 0.277 e. The number of rotatable bonds is 12. The second-order valence-electron chi connectivity index (χ2n) is 8.23. The molecule has 0 aliphatic heterocycles. The Balaban J connectivity index is 1.70. The Bertz CT molecular complexity index is 817. The van der Waals surface area contributed by atoms with E-state index in [0.717, 1.165) is 37.7 Å². The van der Waals surface area contributed by atoms with Gasteiger partial charge in [0.05, 0.1) is 13.2 Å². The summed E-state index contributed by atoms with van der Waals surface area (Å²) in [6, 6.07) is 10.7. The van der Waals surface area contributed by atoms with E-state index in [2.05, 4.69) is 13.8 Å². The largest absolute Gasteiger partial charge is 0.494 e. The van der Waals surface area contributed by atoms with Gasteiger partial charge >= 0.3 is 0 Å². The van der Waals surface area contributed by atoms with E-state index in [1.54, 1.807) is 12.1 Å². The van der Waals surface area contributed by atoms with Crippen LogP contribution in [0.3, 0.4) is 0 Å². The van der Waals surface area contributed by atoms with E-state index in [-0.39, 0.29) is 12.0 Å². The molecule has 0 N–H and O–H groups in total. The average molecular weight is 417 g/mol. The molecule has 4 heteroatoms. The standard InChI is InChI=1S/C26H34F2O2/c1-3-5-7-9-15-29-21-11-13-23-20(17-21)19-26(27,28)25-18-22(12-14-24(23)25)30-16-10-8-6-4-2/h11-14,17-18H,3-10,15-16,19H2,1-2H3. The minimum Gasteiger partial charge on any atom is -0.494 e. The minimum atomic E-state index is -2.91. The zero-order chi connectivity index (χ0) is 21.4. The van der Waals surface area contributed by atoms with Gasteiger partial charge < -0.3 is 9.47 Å². The predicted octanol–water partition coefficient (Wildman–Crippen LogP) is 7.92. The van der Waals surface area contributed by atoms with Crippen LogP contribution in [0.5, 0.6) is 11.5 Å². The molecule has 1 aliphatic carbocycles. The summed E-state index contributed by atoms with van der Waals surface area (Å²) in [4.78, 5) is 0. The maximum atomic E-state index is 15.0. The summed E-state index contributed by atoms with van der Waals surface area (Å²) in [7, 11) is 0.